The summed E-state index contributed by atoms with van der Waals surface area (Å²) in [5, 5.41) is 3.79. The molecule has 4 aromatic rings. The van der Waals surface area contributed by atoms with Gasteiger partial charge in [-0.3, -0.25) is 9.69 Å². The number of pyridine rings is 1. The first-order chi connectivity index (χ1) is 20.2. The summed E-state index contributed by atoms with van der Waals surface area (Å²) in [6.45, 7) is 5.26. The van der Waals surface area contributed by atoms with Gasteiger partial charge in [-0.25, -0.2) is 0 Å². The molecular formula is C34H36N4O3. The molecule has 2 N–H and O–H groups in total. The maximum absolute atomic E-state index is 11.9. The number of rotatable bonds is 6. The number of nitrogens with one attached hydrogen (secondary N) is 2. The number of morpholine rings is 1. The van der Waals surface area contributed by atoms with Crippen molar-refractivity contribution in [2.75, 3.05) is 43.0 Å². The molecule has 2 fully saturated rings. The van der Waals surface area contributed by atoms with Crippen molar-refractivity contribution in [3.8, 4) is 11.5 Å². The molecule has 3 aliphatic heterocycles. The quantitative estimate of drug-likeness (QED) is 0.283. The molecule has 7 rings (SSSR count). The van der Waals surface area contributed by atoms with Crippen LogP contribution in [0, 0.1) is 0 Å². The zero-order valence-electron chi connectivity index (χ0n) is 23.2. The van der Waals surface area contributed by atoms with E-state index in [2.05, 4.69) is 86.8 Å². The lowest BCUT2D eigenvalue weighted by atomic mass is 9.95. The third-order valence-corrected chi connectivity index (χ3v) is 8.52. The largest absolute Gasteiger partial charge is 0.456 e. The first-order valence-electron chi connectivity index (χ1n) is 14.7. The number of fused-ring (bicyclic) bond motifs is 2. The highest BCUT2D eigenvalue weighted by Gasteiger charge is 2.29. The number of aromatic nitrogens is 1. The van der Waals surface area contributed by atoms with Gasteiger partial charge in [0.25, 0.3) is 0 Å². The first-order valence-corrected chi connectivity index (χ1v) is 14.7. The third-order valence-electron chi connectivity index (χ3n) is 8.52. The van der Waals surface area contributed by atoms with Gasteiger partial charge in [-0.15, -0.1) is 0 Å². The Morgan fingerprint density at radius 3 is 2.63 bits per heavy atom. The highest BCUT2D eigenvalue weighted by molar-refractivity contribution is 5.59. The van der Waals surface area contributed by atoms with Crippen LogP contribution in [-0.4, -0.2) is 48.7 Å². The molecule has 41 heavy (non-hydrogen) atoms. The van der Waals surface area contributed by atoms with Crippen molar-refractivity contribution < 1.29 is 9.47 Å². The van der Waals surface area contributed by atoms with Crippen molar-refractivity contribution in [3.63, 3.8) is 0 Å². The van der Waals surface area contributed by atoms with Gasteiger partial charge in [0.15, 0.2) is 0 Å². The fourth-order valence-electron chi connectivity index (χ4n) is 6.36. The van der Waals surface area contributed by atoms with E-state index in [9.17, 15) is 4.79 Å². The maximum Gasteiger partial charge on any atom is 0.249 e. The van der Waals surface area contributed by atoms with Crippen LogP contribution in [0.1, 0.15) is 41.2 Å². The summed E-state index contributed by atoms with van der Waals surface area (Å²) in [6, 6.07) is 27.7. The van der Waals surface area contributed by atoms with Gasteiger partial charge in [-0.1, -0.05) is 48.5 Å². The van der Waals surface area contributed by atoms with Crippen LogP contribution in [0.3, 0.4) is 0 Å². The van der Waals surface area contributed by atoms with Crippen LogP contribution < -0.4 is 20.5 Å². The molecule has 1 unspecified atom stereocenters. The first kappa shape index (κ1) is 25.9. The smallest absolute Gasteiger partial charge is 0.249 e. The van der Waals surface area contributed by atoms with E-state index in [1.165, 1.54) is 16.7 Å². The standard InChI is InChI=1S/C34H36N4O3/c39-33-21-29(11-14-35-33)38-17-18-40-32(23-38)30-8-4-7-25-19-26-20-28(9-10-31(26)41-34(25)30)36-27-12-15-37(16-13-27)22-24-5-2-1-3-6-24/h1-11,14,20-21,27,32,36H,12-13,15-19,22-23H2,(H,35,39). The molecule has 3 aromatic carbocycles. The molecule has 0 aliphatic carbocycles. The minimum absolute atomic E-state index is 0.0926. The van der Waals surface area contributed by atoms with Crippen molar-refractivity contribution in [3.05, 3.63) is 118 Å². The summed E-state index contributed by atoms with van der Waals surface area (Å²) in [7, 11) is 0. The van der Waals surface area contributed by atoms with Crippen molar-refractivity contribution in [1.82, 2.24) is 9.88 Å². The van der Waals surface area contributed by atoms with E-state index in [0.717, 1.165) is 73.9 Å². The average Bonchev–Trinajstić information content (AvgIpc) is 3.01. The van der Waals surface area contributed by atoms with Crippen molar-refractivity contribution in [2.45, 2.75) is 38.0 Å². The highest BCUT2D eigenvalue weighted by atomic mass is 16.5. The maximum atomic E-state index is 11.9. The molecule has 7 heteroatoms. The predicted molar refractivity (Wildman–Crippen MR) is 162 cm³/mol. The second-order valence-electron chi connectivity index (χ2n) is 11.3. The molecule has 4 heterocycles. The molecule has 210 valence electrons. The fraction of sp³-hybridized carbons (Fsp3) is 0.324. The molecule has 0 saturated carbocycles. The molecule has 1 atom stereocenters. The Morgan fingerprint density at radius 2 is 1.78 bits per heavy atom. The minimum Gasteiger partial charge on any atom is -0.456 e. The molecule has 0 radical (unpaired) electrons. The number of H-pyrrole nitrogens is 1. The number of para-hydroxylation sites is 1. The van der Waals surface area contributed by atoms with E-state index in [0.29, 0.717) is 19.2 Å². The van der Waals surface area contributed by atoms with E-state index in [-0.39, 0.29) is 11.7 Å². The fourth-order valence-corrected chi connectivity index (χ4v) is 6.36. The summed E-state index contributed by atoms with van der Waals surface area (Å²) in [6.07, 6.45) is 4.68. The normalized spacial score (nSPS) is 19.2. The number of piperidine rings is 1. The molecule has 1 aromatic heterocycles. The van der Waals surface area contributed by atoms with Gasteiger partial charge in [0.1, 0.15) is 17.6 Å². The van der Waals surface area contributed by atoms with Crippen LogP contribution in [0.25, 0.3) is 0 Å². The number of ether oxygens (including phenoxy) is 2. The monoisotopic (exact) mass is 548 g/mol. The van der Waals surface area contributed by atoms with E-state index >= 15 is 0 Å². The van der Waals surface area contributed by atoms with Crippen LogP contribution >= 0.6 is 0 Å². The lowest BCUT2D eigenvalue weighted by Crippen LogP contribution is -2.39. The van der Waals surface area contributed by atoms with Crippen LogP contribution in [0.2, 0.25) is 0 Å². The predicted octanol–water partition coefficient (Wildman–Crippen LogP) is 5.73. The van der Waals surface area contributed by atoms with Crippen LogP contribution in [0.15, 0.2) is 89.9 Å². The van der Waals surface area contributed by atoms with Gasteiger partial charge in [0.05, 0.1) is 6.61 Å². The summed E-state index contributed by atoms with van der Waals surface area (Å²) in [4.78, 5) is 19.3. The second-order valence-corrected chi connectivity index (χ2v) is 11.3. The minimum atomic E-state index is -0.131. The van der Waals surface area contributed by atoms with Gasteiger partial charge < -0.3 is 24.7 Å². The lowest BCUT2D eigenvalue weighted by molar-refractivity contribution is 0.0384. The SMILES string of the molecule is O=c1cc(N2CCOC(c3cccc4c3Oc3ccc(NC5CCN(Cc6ccccc6)CC5)cc3C4)C2)cc[nH]1. The topological polar surface area (TPSA) is 69.8 Å². The second kappa shape index (κ2) is 11.4. The Labute approximate surface area is 240 Å². The number of benzene rings is 3. The van der Waals surface area contributed by atoms with Crippen LogP contribution in [0.5, 0.6) is 11.5 Å². The summed E-state index contributed by atoms with van der Waals surface area (Å²) >= 11 is 0. The highest BCUT2D eigenvalue weighted by Crippen LogP contribution is 2.43. The number of hydrogen-bond acceptors (Lipinski definition) is 6. The number of likely N-dealkylation sites (tertiary alicyclic amines) is 1. The van der Waals surface area contributed by atoms with E-state index in [1.807, 2.05) is 6.07 Å². The molecule has 0 bridgehead atoms. The van der Waals surface area contributed by atoms with E-state index in [1.54, 1.807) is 12.3 Å². The van der Waals surface area contributed by atoms with Crippen molar-refractivity contribution >= 4 is 11.4 Å². The van der Waals surface area contributed by atoms with Gasteiger partial charge in [-0.2, -0.15) is 0 Å². The zero-order chi connectivity index (χ0) is 27.6. The van der Waals surface area contributed by atoms with Crippen molar-refractivity contribution in [1.29, 1.82) is 0 Å². The molecule has 0 spiro atoms. The molecule has 2 saturated heterocycles. The van der Waals surface area contributed by atoms with Gasteiger partial charge in [0.2, 0.25) is 5.56 Å². The van der Waals surface area contributed by atoms with E-state index < -0.39 is 0 Å². The van der Waals surface area contributed by atoms with Crippen molar-refractivity contribution in [2.24, 2.45) is 0 Å². The van der Waals surface area contributed by atoms with Crippen LogP contribution in [-0.2, 0) is 17.7 Å². The molecule has 3 aliphatic rings. The Hall–Kier alpha value is -4.07. The molecular weight excluding hydrogens is 512 g/mol. The van der Waals surface area contributed by atoms with E-state index in [4.69, 9.17) is 9.47 Å². The average molecular weight is 549 g/mol. The number of aromatic amines is 1. The molecule has 0 amide bonds. The lowest BCUT2D eigenvalue weighted by Gasteiger charge is -2.36. The summed E-state index contributed by atoms with van der Waals surface area (Å²) in [5.41, 5.74) is 6.82. The number of hydrogen-bond donors (Lipinski definition) is 2. The molecule has 7 nitrogen and oxygen atoms in total. The summed E-state index contributed by atoms with van der Waals surface area (Å²) < 4.78 is 12.8. The zero-order valence-corrected chi connectivity index (χ0v) is 23.2. The number of anilines is 2. The van der Waals surface area contributed by atoms with Gasteiger partial charge in [0, 0.05) is 80.0 Å². The summed E-state index contributed by atoms with van der Waals surface area (Å²) in [5.74, 6) is 1.82. The van der Waals surface area contributed by atoms with Gasteiger partial charge >= 0.3 is 0 Å². The Morgan fingerprint density at radius 1 is 0.902 bits per heavy atom. The van der Waals surface area contributed by atoms with Crippen LogP contribution in [0.4, 0.5) is 11.4 Å². The third kappa shape index (κ3) is 5.73. The Balaban J connectivity index is 1.01. The Kier molecular flexibility index (Phi) is 7.21. The Bertz CT molecular complexity index is 1560. The number of nitrogens with zero attached hydrogens (tertiary/aromatic N) is 2. The van der Waals surface area contributed by atoms with Gasteiger partial charge in [-0.05, 0) is 48.2 Å².